The first-order valence-corrected chi connectivity index (χ1v) is 7.57. The smallest absolute Gasteiger partial charge is 0.233 e. The third-order valence-electron chi connectivity index (χ3n) is 2.63. The van der Waals surface area contributed by atoms with E-state index < -0.39 is 0 Å². The summed E-state index contributed by atoms with van der Waals surface area (Å²) in [6.45, 7) is 5.51. The number of tetrazole rings is 1. The van der Waals surface area contributed by atoms with Gasteiger partial charge in [0.05, 0.1) is 5.25 Å². The Morgan fingerprint density at radius 3 is 2.89 bits per heavy atom. The number of nitrogens with one attached hydrogen (secondary N) is 1. The first kappa shape index (κ1) is 14.9. The third kappa shape index (κ3) is 4.29. The maximum absolute atomic E-state index is 11.8. The summed E-state index contributed by atoms with van der Waals surface area (Å²) in [7, 11) is 0. The Morgan fingerprint density at radius 1 is 1.50 bits per heavy atom. The number of hydrogen-bond acceptors (Lipinski definition) is 5. The summed E-state index contributed by atoms with van der Waals surface area (Å²) in [6, 6.07) is 0. The topological polar surface area (TPSA) is 72.7 Å². The molecule has 1 atom stereocenters. The summed E-state index contributed by atoms with van der Waals surface area (Å²) in [5.74, 6) is 0.837. The summed E-state index contributed by atoms with van der Waals surface area (Å²) in [6.07, 6.45) is 4.65. The summed E-state index contributed by atoms with van der Waals surface area (Å²) in [4.78, 5) is 11.8. The van der Waals surface area contributed by atoms with Crippen molar-refractivity contribution in [3.8, 4) is 0 Å². The second kappa shape index (κ2) is 8.07. The van der Waals surface area contributed by atoms with Crippen LogP contribution in [-0.4, -0.2) is 44.2 Å². The highest BCUT2D eigenvalue weighted by Crippen LogP contribution is 2.12. The first-order chi connectivity index (χ1) is 8.72. The average molecular weight is 271 g/mol. The second-order valence-corrected chi connectivity index (χ2v) is 5.04. The zero-order chi connectivity index (χ0) is 13.4. The van der Waals surface area contributed by atoms with Crippen LogP contribution in [0.5, 0.6) is 0 Å². The quantitative estimate of drug-likeness (QED) is 0.760. The van der Waals surface area contributed by atoms with Gasteiger partial charge in [-0.05, 0) is 30.0 Å². The number of carbonyl (C=O) groups is 1. The molecule has 0 aliphatic carbocycles. The molecule has 0 bridgehead atoms. The molecule has 1 rings (SSSR count). The van der Waals surface area contributed by atoms with Gasteiger partial charge in [0.1, 0.15) is 0 Å². The van der Waals surface area contributed by atoms with Crippen LogP contribution in [0.2, 0.25) is 0 Å². The number of hydrogen-bond donors (Lipinski definition) is 1. The fourth-order valence-electron chi connectivity index (χ4n) is 1.59. The van der Waals surface area contributed by atoms with Gasteiger partial charge in [0.25, 0.3) is 0 Å². The second-order valence-electron chi connectivity index (χ2n) is 3.99. The van der Waals surface area contributed by atoms with E-state index >= 15 is 0 Å². The van der Waals surface area contributed by atoms with Crippen LogP contribution in [0.25, 0.3) is 0 Å². The van der Waals surface area contributed by atoms with Crippen molar-refractivity contribution in [2.24, 2.45) is 0 Å². The van der Waals surface area contributed by atoms with Crippen molar-refractivity contribution in [2.45, 2.75) is 44.9 Å². The van der Waals surface area contributed by atoms with Crippen molar-refractivity contribution in [1.82, 2.24) is 25.5 Å². The number of unbranched alkanes of at least 4 members (excludes halogenated alkanes) is 1. The molecule has 1 N–H and O–H groups in total. The summed E-state index contributed by atoms with van der Waals surface area (Å²) >= 11 is 1.53. The largest absolute Gasteiger partial charge is 0.355 e. The van der Waals surface area contributed by atoms with Gasteiger partial charge in [-0.25, -0.2) is 4.68 Å². The number of amides is 1. The van der Waals surface area contributed by atoms with Crippen molar-refractivity contribution in [3.63, 3.8) is 0 Å². The lowest BCUT2D eigenvalue weighted by atomic mass is 10.2. The van der Waals surface area contributed by atoms with E-state index in [1.165, 1.54) is 11.8 Å². The minimum Gasteiger partial charge on any atom is -0.355 e. The minimum absolute atomic E-state index is 0.0510. The lowest BCUT2D eigenvalue weighted by Crippen LogP contribution is -2.34. The predicted molar refractivity (Wildman–Crippen MR) is 72.4 cm³/mol. The molecule has 102 valence electrons. The maximum Gasteiger partial charge on any atom is 0.233 e. The molecular formula is C11H21N5OS. The van der Waals surface area contributed by atoms with Crippen LogP contribution < -0.4 is 5.32 Å². The Balaban J connectivity index is 2.63. The fourth-order valence-corrected chi connectivity index (χ4v) is 2.20. The molecule has 0 radical (unpaired) electrons. The zero-order valence-corrected chi connectivity index (χ0v) is 12.0. The monoisotopic (exact) mass is 271 g/mol. The average Bonchev–Trinajstić information content (AvgIpc) is 2.80. The van der Waals surface area contributed by atoms with E-state index in [9.17, 15) is 4.79 Å². The van der Waals surface area contributed by atoms with E-state index in [0.717, 1.165) is 25.2 Å². The molecule has 0 saturated carbocycles. The number of aromatic nitrogens is 4. The summed E-state index contributed by atoms with van der Waals surface area (Å²) in [5, 5.41) is 14.4. The molecule has 18 heavy (non-hydrogen) atoms. The standard InChI is InChI=1S/C11H21N5OS/c1-4-6-7-16-10(13-14-15-16)8-9(18-3)11(17)12-5-2/h9H,4-8H2,1-3H3,(H,12,17). The molecule has 1 aromatic rings. The molecule has 6 nitrogen and oxygen atoms in total. The zero-order valence-electron chi connectivity index (χ0n) is 11.2. The third-order valence-corrected chi connectivity index (χ3v) is 3.58. The van der Waals surface area contributed by atoms with Gasteiger partial charge in [0, 0.05) is 19.5 Å². The predicted octanol–water partition coefficient (Wildman–Crippen LogP) is 0.883. The van der Waals surface area contributed by atoms with Crippen molar-refractivity contribution >= 4 is 17.7 Å². The molecule has 7 heteroatoms. The SMILES string of the molecule is CCCCn1nnnc1CC(SC)C(=O)NCC. The number of rotatable bonds is 8. The highest BCUT2D eigenvalue weighted by atomic mass is 32.2. The molecule has 0 saturated heterocycles. The fraction of sp³-hybridized carbons (Fsp3) is 0.818. The maximum atomic E-state index is 11.8. The van der Waals surface area contributed by atoms with Crippen LogP contribution in [0.3, 0.4) is 0 Å². The van der Waals surface area contributed by atoms with E-state index in [4.69, 9.17) is 0 Å². The van der Waals surface area contributed by atoms with Crippen LogP contribution in [0.4, 0.5) is 0 Å². The lowest BCUT2D eigenvalue weighted by molar-refractivity contribution is -0.120. The van der Waals surface area contributed by atoms with E-state index in [0.29, 0.717) is 13.0 Å². The number of nitrogens with zero attached hydrogens (tertiary/aromatic N) is 4. The molecule has 0 spiro atoms. The Bertz CT molecular complexity index is 368. The van der Waals surface area contributed by atoms with Gasteiger partial charge < -0.3 is 5.32 Å². The molecule has 0 aliphatic heterocycles. The van der Waals surface area contributed by atoms with Gasteiger partial charge in [0.15, 0.2) is 5.82 Å². The van der Waals surface area contributed by atoms with Crippen LogP contribution >= 0.6 is 11.8 Å². The van der Waals surface area contributed by atoms with Gasteiger partial charge in [-0.2, -0.15) is 11.8 Å². The Kier molecular flexibility index (Phi) is 6.70. The van der Waals surface area contributed by atoms with E-state index in [1.807, 2.05) is 13.2 Å². The molecule has 0 aliphatic rings. The molecule has 1 amide bonds. The van der Waals surface area contributed by atoms with Crippen molar-refractivity contribution < 1.29 is 4.79 Å². The number of aryl methyl sites for hydroxylation is 1. The first-order valence-electron chi connectivity index (χ1n) is 6.28. The van der Waals surface area contributed by atoms with Crippen LogP contribution in [0, 0.1) is 0 Å². The Hall–Kier alpha value is -1.11. The number of carbonyl (C=O) groups excluding carboxylic acids is 1. The highest BCUT2D eigenvalue weighted by molar-refractivity contribution is 7.99. The van der Waals surface area contributed by atoms with Gasteiger partial charge >= 0.3 is 0 Å². The Labute approximate surface area is 112 Å². The normalized spacial score (nSPS) is 12.4. The molecule has 1 heterocycles. The van der Waals surface area contributed by atoms with Crippen molar-refractivity contribution in [2.75, 3.05) is 12.8 Å². The van der Waals surface area contributed by atoms with E-state index in [-0.39, 0.29) is 11.2 Å². The molecule has 0 aromatic carbocycles. The van der Waals surface area contributed by atoms with E-state index in [2.05, 4.69) is 27.8 Å². The van der Waals surface area contributed by atoms with Crippen molar-refractivity contribution in [1.29, 1.82) is 0 Å². The minimum atomic E-state index is -0.128. The van der Waals surface area contributed by atoms with Crippen LogP contribution in [0.1, 0.15) is 32.5 Å². The molecular weight excluding hydrogens is 250 g/mol. The van der Waals surface area contributed by atoms with Crippen molar-refractivity contribution in [3.05, 3.63) is 5.82 Å². The molecule has 1 unspecified atom stereocenters. The molecule has 1 aromatic heterocycles. The van der Waals surface area contributed by atoms with Gasteiger partial charge in [-0.3, -0.25) is 4.79 Å². The van der Waals surface area contributed by atoms with Gasteiger partial charge in [-0.15, -0.1) is 5.10 Å². The van der Waals surface area contributed by atoms with Crippen LogP contribution in [0.15, 0.2) is 0 Å². The van der Waals surface area contributed by atoms with E-state index in [1.54, 1.807) is 4.68 Å². The van der Waals surface area contributed by atoms with Crippen LogP contribution in [-0.2, 0) is 17.8 Å². The highest BCUT2D eigenvalue weighted by Gasteiger charge is 2.20. The lowest BCUT2D eigenvalue weighted by Gasteiger charge is -2.13. The molecule has 0 fully saturated rings. The van der Waals surface area contributed by atoms with Gasteiger partial charge in [-0.1, -0.05) is 13.3 Å². The Morgan fingerprint density at radius 2 is 2.28 bits per heavy atom. The summed E-state index contributed by atoms with van der Waals surface area (Å²) in [5.41, 5.74) is 0. The number of thioether (sulfide) groups is 1. The summed E-state index contributed by atoms with van der Waals surface area (Å²) < 4.78 is 1.80. The van der Waals surface area contributed by atoms with Gasteiger partial charge in [0.2, 0.25) is 5.91 Å².